The molecule has 6 nitrogen and oxygen atoms in total. The van der Waals surface area contributed by atoms with Gasteiger partial charge in [0.25, 0.3) is 5.91 Å². The van der Waals surface area contributed by atoms with Crippen molar-refractivity contribution in [2.45, 2.75) is 34.2 Å². The average molecular weight is 406 g/mol. The van der Waals surface area contributed by atoms with E-state index in [0.29, 0.717) is 6.54 Å². The highest BCUT2D eigenvalue weighted by atomic mass is 16.5. The van der Waals surface area contributed by atoms with Crippen molar-refractivity contribution in [3.05, 3.63) is 82.6 Å². The van der Waals surface area contributed by atoms with Gasteiger partial charge in [0.15, 0.2) is 6.61 Å². The standard InChI is InChI=1S/C24H26N2O4/c1-16-7-8-17(2)22(12-16)25-23(27)15-30-24(28)10-9-20-13-18(3)26(19(20)4)14-21-6-5-11-29-21/h5-13H,14-15H2,1-4H3,(H,25,27)/b10-9+. The molecule has 30 heavy (non-hydrogen) atoms. The SMILES string of the molecule is Cc1ccc(C)c(NC(=O)COC(=O)/C=C/c2cc(C)n(Cc3ccco3)c2C)c1. The maximum Gasteiger partial charge on any atom is 0.331 e. The van der Waals surface area contributed by atoms with Crippen LogP contribution < -0.4 is 5.32 Å². The zero-order chi connectivity index (χ0) is 21.7. The minimum absolute atomic E-state index is 0.339. The van der Waals surface area contributed by atoms with E-state index in [-0.39, 0.29) is 12.5 Å². The van der Waals surface area contributed by atoms with Crippen LogP contribution in [0.4, 0.5) is 5.69 Å². The number of nitrogens with one attached hydrogen (secondary N) is 1. The summed E-state index contributed by atoms with van der Waals surface area (Å²) >= 11 is 0. The molecule has 2 heterocycles. The van der Waals surface area contributed by atoms with Crippen LogP contribution in [-0.2, 0) is 20.9 Å². The summed E-state index contributed by atoms with van der Waals surface area (Å²) in [6.07, 6.45) is 4.69. The van der Waals surface area contributed by atoms with Gasteiger partial charge < -0.3 is 19.0 Å². The van der Waals surface area contributed by atoms with E-state index in [2.05, 4.69) is 9.88 Å². The number of benzene rings is 1. The molecule has 3 aromatic rings. The molecule has 0 unspecified atom stereocenters. The van der Waals surface area contributed by atoms with Gasteiger partial charge in [0.2, 0.25) is 0 Å². The van der Waals surface area contributed by atoms with Gasteiger partial charge >= 0.3 is 5.97 Å². The Kier molecular flexibility index (Phi) is 6.57. The molecule has 1 N–H and O–H groups in total. The number of rotatable bonds is 7. The van der Waals surface area contributed by atoms with E-state index in [0.717, 1.165) is 39.5 Å². The molecule has 0 spiro atoms. The highest BCUT2D eigenvalue weighted by molar-refractivity contribution is 5.95. The number of carbonyl (C=O) groups excluding carboxylic acids is 2. The second-order valence-corrected chi connectivity index (χ2v) is 7.30. The lowest BCUT2D eigenvalue weighted by molar-refractivity contribution is -0.142. The molecule has 0 fully saturated rings. The van der Waals surface area contributed by atoms with E-state index in [1.807, 2.05) is 64.1 Å². The van der Waals surface area contributed by atoms with Crippen LogP contribution in [0, 0.1) is 27.7 Å². The molecule has 0 bridgehead atoms. The third kappa shape index (κ3) is 5.29. The zero-order valence-electron chi connectivity index (χ0n) is 17.7. The molecule has 0 aliphatic heterocycles. The molecular weight excluding hydrogens is 380 g/mol. The summed E-state index contributed by atoms with van der Waals surface area (Å²) in [7, 11) is 0. The summed E-state index contributed by atoms with van der Waals surface area (Å²) in [5.41, 5.74) is 5.70. The number of carbonyl (C=O) groups is 2. The summed E-state index contributed by atoms with van der Waals surface area (Å²) < 4.78 is 12.6. The van der Waals surface area contributed by atoms with Gasteiger partial charge in [-0.05, 0) is 74.7 Å². The van der Waals surface area contributed by atoms with Gasteiger partial charge in [0.1, 0.15) is 5.76 Å². The van der Waals surface area contributed by atoms with Crippen molar-refractivity contribution in [2.24, 2.45) is 0 Å². The maximum absolute atomic E-state index is 12.1. The van der Waals surface area contributed by atoms with Crippen LogP contribution in [0.3, 0.4) is 0 Å². The van der Waals surface area contributed by atoms with Crippen molar-refractivity contribution < 1.29 is 18.7 Å². The minimum Gasteiger partial charge on any atom is -0.467 e. The molecule has 0 radical (unpaired) electrons. The Labute approximate surface area is 176 Å². The second-order valence-electron chi connectivity index (χ2n) is 7.30. The van der Waals surface area contributed by atoms with Crippen LogP contribution in [0.25, 0.3) is 6.08 Å². The van der Waals surface area contributed by atoms with Crippen molar-refractivity contribution in [2.75, 3.05) is 11.9 Å². The Hall–Kier alpha value is -3.54. The summed E-state index contributed by atoms with van der Waals surface area (Å²) in [6.45, 7) is 8.13. The number of furan rings is 1. The van der Waals surface area contributed by atoms with Crippen LogP contribution >= 0.6 is 0 Å². The quantitative estimate of drug-likeness (QED) is 0.461. The van der Waals surface area contributed by atoms with Crippen LogP contribution in [0.2, 0.25) is 0 Å². The van der Waals surface area contributed by atoms with E-state index < -0.39 is 5.97 Å². The first-order chi connectivity index (χ1) is 14.3. The van der Waals surface area contributed by atoms with E-state index in [9.17, 15) is 9.59 Å². The number of hydrogen-bond acceptors (Lipinski definition) is 4. The van der Waals surface area contributed by atoms with Gasteiger partial charge in [0.05, 0.1) is 12.8 Å². The van der Waals surface area contributed by atoms with Crippen molar-refractivity contribution in [1.29, 1.82) is 0 Å². The monoisotopic (exact) mass is 406 g/mol. The molecule has 1 amide bonds. The van der Waals surface area contributed by atoms with E-state index >= 15 is 0 Å². The second kappa shape index (κ2) is 9.31. The topological polar surface area (TPSA) is 73.5 Å². The van der Waals surface area contributed by atoms with Crippen LogP contribution in [0.15, 0.2) is 53.2 Å². The summed E-state index contributed by atoms with van der Waals surface area (Å²) in [5.74, 6) is -0.0781. The van der Waals surface area contributed by atoms with Gasteiger partial charge in [-0.15, -0.1) is 0 Å². The van der Waals surface area contributed by atoms with Gasteiger partial charge in [-0.2, -0.15) is 0 Å². The number of aryl methyl sites for hydroxylation is 3. The lowest BCUT2D eigenvalue weighted by Gasteiger charge is -2.09. The first-order valence-electron chi connectivity index (χ1n) is 9.74. The van der Waals surface area contributed by atoms with Gasteiger partial charge in [-0.3, -0.25) is 4.79 Å². The number of aromatic nitrogens is 1. The van der Waals surface area contributed by atoms with Crippen LogP contribution in [-0.4, -0.2) is 23.1 Å². The lowest BCUT2D eigenvalue weighted by atomic mass is 10.1. The van der Waals surface area contributed by atoms with Crippen molar-refractivity contribution in [3.8, 4) is 0 Å². The molecule has 0 saturated heterocycles. The fraction of sp³-hybridized carbons (Fsp3) is 0.250. The fourth-order valence-electron chi connectivity index (χ4n) is 3.20. The fourth-order valence-corrected chi connectivity index (χ4v) is 3.20. The molecule has 6 heteroatoms. The number of hydrogen-bond donors (Lipinski definition) is 1. The molecule has 0 saturated carbocycles. The summed E-state index contributed by atoms with van der Waals surface area (Å²) in [6, 6.07) is 11.6. The lowest BCUT2D eigenvalue weighted by Crippen LogP contribution is -2.20. The third-order valence-corrected chi connectivity index (χ3v) is 4.92. The molecule has 156 valence electrons. The highest BCUT2D eigenvalue weighted by Gasteiger charge is 2.10. The maximum atomic E-state index is 12.1. The molecule has 3 rings (SSSR count). The number of nitrogens with zero attached hydrogens (tertiary/aromatic N) is 1. The van der Waals surface area contributed by atoms with Gasteiger partial charge in [-0.25, -0.2) is 4.79 Å². The van der Waals surface area contributed by atoms with Gasteiger partial charge in [0, 0.05) is 23.2 Å². The molecular formula is C24H26N2O4. The molecule has 0 aliphatic rings. The predicted octanol–water partition coefficient (Wildman–Crippen LogP) is 4.56. The Balaban J connectivity index is 1.56. The number of amides is 1. The average Bonchev–Trinajstić information content (AvgIpc) is 3.31. The first kappa shape index (κ1) is 21.2. The Bertz CT molecular complexity index is 1080. The zero-order valence-corrected chi connectivity index (χ0v) is 17.7. The van der Waals surface area contributed by atoms with Crippen molar-refractivity contribution >= 4 is 23.6 Å². The highest BCUT2D eigenvalue weighted by Crippen LogP contribution is 2.19. The largest absolute Gasteiger partial charge is 0.467 e. The third-order valence-electron chi connectivity index (χ3n) is 4.92. The first-order valence-corrected chi connectivity index (χ1v) is 9.74. The van der Waals surface area contributed by atoms with E-state index in [1.54, 1.807) is 12.3 Å². The Morgan fingerprint density at radius 1 is 1.13 bits per heavy atom. The van der Waals surface area contributed by atoms with Gasteiger partial charge in [-0.1, -0.05) is 12.1 Å². The molecule has 1 aromatic carbocycles. The molecule has 0 aliphatic carbocycles. The minimum atomic E-state index is -0.568. The van der Waals surface area contributed by atoms with E-state index in [4.69, 9.17) is 9.15 Å². The number of esters is 1. The van der Waals surface area contributed by atoms with Crippen molar-refractivity contribution in [1.82, 2.24) is 4.57 Å². The van der Waals surface area contributed by atoms with Crippen molar-refractivity contribution in [3.63, 3.8) is 0 Å². The number of ether oxygens (including phenoxy) is 1. The smallest absolute Gasteiger partial charge is 0.331 e. The summed E-state index contributed by atoms with van der Waals surface area (Å²) in [5, 5.41) is 2.77. The normalized spacial score (nSPS) is 11.1. The Morgan fingerprint density at radius 2 is 1.93 bits per heavy atom. The molecule has 0 atom stereocenters. The predicted molar refractivity (Wildman–Crippen MR) is 116 cm³/mol. The van der Waals surface area contributed by atoms with E-state index in [1.165, 1.54) is 6.08 Å². The van der Waals surface area contributed by atoms with Crippen LogP contribution in [0.5, 0.6) is 0 Å². The van der Waals surface area contributed by atoms with Crippen LogP contribution in [0.1, 0.15) is 33.8 Å². The Morgan fingerprint density at radius 3 is 2.67 bits per heavy atom. The molecule has 2 aromatic heterocycles. The summed E-state index contributed by atoms with van der Waals surface area (Å²) in [4.78, 5) is 24.1. The number of anilines is 1.